The van der Waals surface area contributed by atoms with Crippen molar-refractivity contribution in [2.45, 2.75) is 6.54 Å². The van der Waals surface area contributed by atoms with Crippen LogP contribution in [0.25, 0.3) is 11.6 Å². The number of hydrogen-bond donors (Lipinski definition) is 5. The lowest BCUT2D eigenvalue weighted by molar-refractivity contribution is 0.732. The predicted octanol–water partition coefficient (Wildman–Crippen LogP) is 2.81. The molecule has 6 nitrogen and oxygen atoms in total. The molecule has 0 amide bonds. The molecule has 0 aliphatic heterocycles. The van der Waals surface area contributed by atoms with Gasteiger partial charge in [0.15, 0.2) is 0 Å². The highest BCUT2D eigenvalue weighted by Crippen LogP contribution is 2.17. The van der Waals surface area contributed by atoms with Gasteiger partial charge in [0.1, 0.15) is 0 Å². The highest BCUT2D eigenvalue weighted by molar-refractivity contribution is 7.97. The zero-order valence-electron chi connectivity index (χ0n) is 14.5. The van der Waals surface area contributed by atoms with Crippen molar-refractivity contribution in [1.29, 1.82) is 5.41 Å². The highest BCUT2D eigenvalue weighted by Gasteiger charge is 2.03. The average molecular weight is 369 g/mol. The van der Waals surface area contributed by atoms with Crippen molar-refractivity contribution in [3.63, 3.8) is 0 Å². The number of pyridine rings is 1. The maximum absolute atomic E-state index is 7.45. The Hall–Kier alpha value is -2.61. The fraction of sp³-hybridized carbons (Fsp3) is 0.158. The summed E-state index contributed by atoms with van der Waals surface area (Å²) in [5, 5.41) is 19.4. The minimum absolute atomic E-state index is 0.650. The minimum atomic E-state index is 0.650. The molecule has 1 aromatic carbocycles. The van der Waals surface area contributed by atoms with Crippen LogP contribution in [0.4, 0.5) is 5.69 Å². The van der Waals surface area contributed by atoms with Gasteiger partial charge in [-0.25, -0.2) is 0 Å². The van der Waals surface area contributed by atoms with Gasteiger partial charge in [-0.1, -0.05) is 24.1 Å². The molecule has 136 valence electrons. The van der Waals surface area contributed by atoms with E-state index in [2.05, 4.69) is 27.8 Å². The molecule has 1 aromatic heterocycles. The quantitative estimate of drug-likeness (QED) is 0.250. The van der Waals surface area contributed by atoms with Crippen LogP contribution in [0.1, 0.15) is 16.7 Å². The largest absolute Gasteiger partial charge is 0.404 e. The van der Waals surface area contributed by atoms with Gasteiger partial charge in [0.2, 0.25) is 0 Å². The molecular formula is C19H24N6S. The van der Waals surface area contributed by atoms with Crippen LogP contribution in [0.2, 0.25) is 0 Å². The first-order valence-electron chi connectivity index (χ1n) is 8.19. The fourth-order valence-electron chi connectivity index (χ4n) is 2.33. The fourth-order valence-corrected chi connectivity index (χ4v) is 2.59. The predicted molar refractivity (Wildman–Crippen MR) is 113 cm³/mol. The Balaban J connectivity index is 1.96. The first-order valence-corrected chi connectivity index (χ1v) is 9.24. The molecule has 1 heterocycles. The lowest BCUT2D eigenvalue weighted by Crippen LogP contribution is -2.17. The second-order valence-corrected chi connectivity index (χ2v) is 6.19. The summed E-state index contributed by atoms with van der Waals surface area (Å²) in [4.78, 5) is 4.14. The first kappa shape index (κ1) is 19.7. The van der Waals surface area contributed by atoms with E-state index in [1.165, 1.54) is 29.9 Å². The van der Waals surface area contributed by atoms with E-state index in [0.717, 1.165) is 35.7 Å². The SMILES string of the molecule is N=CC(=CN)c1ccncc1/C=C/Nc1ccc(CNCCSN)cc1. The number of nitrogens with one attached hydrogen (secondary N) is 3. The zero-order chi connectivity index (χ0) is 18.6. The third kappa shape index (κ3) is 6.03. The van der Waals surface area contributed by atoms with E-state index in [1.54, 1.807) is 12.4 Å². The number of benzene rings is 1. The molecule has 0 bridgehead atoms. The van der Waals surface area contributed by atoms with Gasteiger partial charge in [-0.3, -0.25) is 10.1 Å². The van der Waals surface area contributed by atoms with Crippen LogP contribution in [0, 0.1) is 5.41 Å². The third-order valence-corrected chi connectivity index (χ3v) is 4.13. The Bertz CT molecular complexity index is 755. The number of rotatable bonds is 10. The lowest BCUT2D eigenvalue weighted by atomic mass is 10.0. The molecule has 2 aromatic rings. The second-order valence-electron chi connectivity index (χ2n) is 5.45. The summed E-state index contributed by atoms with van der Waals surface area (Å²) in [6.07, 6.45) is 9.85. The maximum Gasteiger partial charge on any atom is 0.0379 e. The first-order chi connectivity index (χ1) is 12.8. The third-order valence-electron chi connectivity index (χ3n) is 3.69. The molecular weight excluding hydrogens is 344 g/mol. The second kappa shape index (κ2) is 11.1. The smallest absolute Gasteiger partial charge is 0.0379 e. The Morgan fingerprint density at radius 3 is 2.73 bits per heavy atom. The van der Waals surface area contributed by atoms with Crippen molar-refractivity contribution in [2.24, 2.45) is 10.9 Å². The van der Waals surface area contributed by atoms with Crippen molar-refractivity contribution >= 4 is 35.5 Å². The number of nitrogens with two attached hydrogens (primary N) is 2. The van der Waals surface area contributed by atoms with Gasteiger partial charge >= 0.3 is 0 Å². The Morgan fingerprint density at radius 2 is 2.04 bits per heavy atom. The number of nitrogens with zero attached hydrogens (tertiary/aromatic N) is 1. The van der Waals surface area contributed by atoms with E-state index >= 15 is 0 Å². The molecule has 0 aliphatic carbocycles. The molecule has 0 saturated heterocycles. The van der Waals surface area contributed by atoms with Crippen molar-refractivity contribution in [1.82, 2.24) is 10.3 Å². The summed E-state index contributed by atoms with van der Waals surface area (Å²) >= 11 is 1.34. The monoisotopic (exact) mass is 368 g/mol. The van der Waals surface area contributed by atoms with Crippen molar-refractivity contribution in [3.8, 4) is 0 Å². The van der Waals surface area contributed by atoms with Gasteiger partial charge in [0.25, 0.3) is 0 Å². The van der Waals surface area contributed by atoms with Crippen molar-refractivity contribution in [3.05, 3.63) is 71.8 Å². The Kier molecular flexibility index (Phi) is 8.41. The van der Waals surface area contributed by atoms with Crippen molar-refractivity contribution in [2.75, 3.05) is 17.6 Å². The standard InChI is InChI=1S/C19H24N6S/c20-11-17(12-21)19-6-7-23-14-16(19)5-8-25-18-3-1-15(2-4-18)13-24-9-10-26-22/h1-8,11-12,14,20,24-25H,9-10,13,21-22H2/b8-5+,17-12?,20-11?. The van der Waals surface area contributed by atoms with Crippen LogP contribution in [-0.4, -0.2) is 23.5 Å². The number of anilines is 1. The Morgan fingerprint density at radius 1 is 1.23 bits per heavy atom. The zero-order valence-corrected chi connectivity index (χ0v) is 15.3. The normalized spacial score (nSPS) is 11.7. The van der Waals surface area contributed by atoms with E-state index < -0.39 is 0 Å². The molecule has 0 fully saturated rings. The van der Waals surface area contributed by atoms with Gasteiger partial charge in [0.05, 0.1) is 0 Å². The van der Waals surface area contributed by atoms with E-state index in [0.29, 0.717) is 5.57 Å². The number of aromatic nitrogens is 1. The molecule has 7 N–H and O–H groups in total. The average Bonchev–Trinajstić information content (AvgIpc) is 2.68. The van der Waals surface area contributed by atoms with Crippen LogP contribution in [0.15, 0.2) is 55.1 Å². The van der Waals surface area contributed by atoms with E-state index in [4.69, 9.17) is 16.3 Å². The summed E-state index contributed by atoms with van der Waals surface area (Å²) < 4.78 is 0. The van der Waals surface area contributed by atoms with Crippen molar-refractivity contribution < 1.29 is 0 Å². The summed E-state index contributed by atoms with van der Waals surface area (Å²) in [6.45, 7) is 1.72. The minimum Gasteiger partial charge on any atom is -0.404 e. The molecule has 0 atom stereocenters. The van der Waals surface area contributed by atoms with Gasteiger partial charge < -0.3 is 21.8 Å². The van der Waals surface area contributed by atoms with Crippen LogP contribution in [-0.2, 0) is 6.54 Å². The van der Waals surface area contributed by atoms with Crippen LogP contribution < -0.4 is 21.5 Å². The van der Waals surface area contributed by atoms with E-state index in [9.17, 15) is 0 Å². The number of allylic oxidation sites excluding steroid dienone is 1. The van der Waals surface area contributed by atoms with E-state index in [-0.39, 0.29) is 0 Å². The van der Waals surface area contributed by atoms with Crippen LogP contribution in [0.5, 0.6) is 0 Å². The Labute approximate surface area is 158 Å². The summed E-state index contributed by atoms with van der Waals surface area (Å²) in [5.74, 6) is 0.903. The molecule has 0 unspecified atom stereocenters. The molecule has 0 spiro atoms. The van der Waals surface area contributed by atoms with Gasteiger partial charge in [0, 0.05) is 66.7 Å². The molecule has 2 rings (SSSR count). The maximum atomic E-state index is 7.45. The van der Waals surface area contributed by atoms with Crippen LogP contribution in [0.3, 0.4) is 0 Å². The summed E-state index contributed by atoms with van der Waals surface area (Å²) in [7, 11) is 0. The molecule has 0 saturated carbocycles. The molecule has 26 heavy (non-hydrogen) atoms. The summed E-state index contributed by atoms with van der Waals surface area (Å²) in [5.41, 5.74) is 10.2. The lowest BCUT2D eigenvalue weighted by Gasteiger charge is -2.07. The summed E-state index contributed by atoms with van der Waals surface area (Å²) in [6, 6.07) is 10.1. The molecule has 7 heteroatoms. The van der Waals surface area contributed by atoms with Gasteiger partial charge in [-0.2, -0.15) is 0 Å². The highest BCUT2D eigenvalue weighted by atomic mass is 32.2. The van der Waals surface area contributed by atoms with Gasteiger partial charge in [-0.15, -0.1) is 0 Å². The van der Waals surface area contributed by atoms with Gasteiger partial charge in [-0.05, 0) is 35.4 Å². The van der Waals surface area contributed by atoms with Crippen LogP contribution >= 0.6 is 11.9 Å². The topological polar surface area (TPSA) is 113 Å². The van der Waals surface area contributed by atoms with E-state index in [1.807, 2.05) is 30.5 Å². The molecule has 0 aliphatic rings. The molecule has 0 radical (unpaired) electrons. The number of hydrogen-bond acceptors (Lipinski definition) is 7.